The molecular weight excluding hydrogens is 294 g/mol. The third-order valence-electron chi connectivity index (χ3n) is 0.283. The van der Waals surface area contributed by atoms with Gasteiger partial charge < -0.3 is 12.0 Å². The Balaban J connectivity index is -0.000000245. The van der Waals surface area contributed by atoms with E-state index < -0.39 is 15.6 Å². The molecular formula is C2H3CsF3O3S-. The minimum absolute atomic E-state index is 0. The number of alkyl halides is 3. The van der Waals surface area contributed by atoms with Gasteiger partial charge in [0.1, 0.15) is 0 Å². The molecule has 0 aliphatic heterocycles. The standard InChI is InChI=1S/CHF3O3S.CH3.Cs/c2-1(3,4)8(5,6)7;;/h(H,5,6,7);1H3;/q;-1;+1/p-1. The summed E-state index contributed by atoms with van der Waals surface area (Å²) in [7, 11) is -6.09. The summed E-state index contributed by atoms with van der Waals surface area (Å²) in [5.74, 6) is 0. The van der Waals surface area contributed by atoms with Gasteiger partial charge in [-0.05, 0) is 0 Å². The maximum Gasteiger partial charge on any atom is 1.00 e. The van der Waals surface area contributed by atoms with Gasteiger partial charge in [-0.25, -0.2) is 8.42 Å². The summed E-state index contributed by atoms with van der Waals surface area (Å²) in [5, 5.41) is 0. The SMILES string of the molecule is O=S(=O)([O-])C(F)(F)F.[CH3-].[Cs+]. The molecule has 0 rings (SSSR count). The van der Waals surface area contributed by atoms with Gasteiger partial charge in [-0.3, -0.25) is 0 Å². The Morgan fingerprint density at radius 1 is 1.20 bits per heavy atom. The van der Waals surface area contributed by atoms with Gasteiger partial charge in [-0.15, -0.1) is 0 Å². The molecule has 0 N–H and O–H groups in total. The van der Waals surface area contributed by atoms with Crippen LogP contribution in [-0.4, -0.2) is 18.5 Å². The first kappa shape index (κ1) is 17.7. The zero-order valence-electron chi connectivity index (χ0n) is 5.27. The van der Waals surface area contributed by atoms with Crippen LogP contribution < -0.4 is 68.9 Å². The van der Waals surface area contributed by atoms with E-state index in [1.54, 1.807) is 0 Å². The van der Waals surface area contributed by atoms with Crippen molar-refractivity contribution in [3.05, 3.63) is 7.43 Å². The van der Waals surface area contributed by atoms with Crippen LogP contribution in [0.1, 0.15) is 0 Å². The number of rotatable bonds is 0. The predicted molar refractivity (Wildman–Crippen MR) is 22.2 cm³/mol. The Kier molecular flexibility index (Phi) is 9.59. The molecule has 0 aliphatic rings. The van der Waals surface area contributed by atoms with Gasteiger partial charge in [0.2, 0.25) is 0 Å². The molecule has 0 aromatic carbocycles. The van der Waals surface area contributed by atoms with Crippen molar-refractivity contribution in [2.45, 2.75) is 5.51 Å². The fourth-order valence-electron chi connectivity index (χ4n) is 0. The molecule has 0 heterocycles. The normalized spacial score (nSPS) is 11.2. The molecule has 0 fully saturated rings. The Labute approximate surface area is 116 Å². The monoisotopic (exact) mass is 297 g/mol. The van der Waals surface area contributed by atoms with Gasteiger partial charge in [0.25, 0.3) is 0 Å². The van der Waals surface area contributed by atoms with E-state index in [0.29, 0.717) is 0 Å². The van der Waals surface area contributed by atoms with E-state index in [-0.39, 0.29) is 76.3 Å². The molecule has 0 amide bonds. The third kappa shape index (κ3) is 6.46. The number of halogens is 3. The van der Waals surface area contributed by atoms with Crippen LogP contribution in [0.4, 0.5) is 13.2 Å². The van der Waals surface area contributed by atoms with Crippen molar-refractivity contribution < 1.29 is 95.0 Å². The number of hydrogen-bond acceptors (Lipinski definition) is 3. The summed E-state index contributed by atoms with van der Waals surface area (Å²) in [5.41, 5.74) is -5.65. The smallest absolute Gasteiger partial charge is 0.741 e. The Hall–Kier alpha value is 1.75. The molecule has 0 spiro atoms. The van der Waals surface area contributed by atoms with Gasteiger partial charge in [0, 0.05) is 0 Å². The minimum atomic E-state index is -6.09. The fourth-order valence-corrected chi connectivity index (χ4v) is 0. The Morgan fingerprint density at radius 3 is 1.30 bits per heavy atom. The fraction of sp³-hybridized carbons (Fsp3) is 0.500. The van der Waals surface area contributed by atoms with E-state index in [1.807, 2.05) is 0 Å². The first-order valence-corrected chi connectivity index (χ1v) is 2.68. The van der Waals surface area contributed by atoms with Crippen LogP contribution in [0.25, 0.3) is 0 Å². The van der Waals surface area contributed by atoms with Gasteiger partial charge in [0.05, 0.1) is 0 Å². The summed E-state index contributed by atoms with van der Waals surface area (Å²) in [6.45, 7) is 0. The van der Waals surface area contributed by atoms with E-state index >= 15 is 0 Å². The maximum atomic E-state index is 10.7. The van der Waals surface area contributed by atoms with Crippen LogP contribution >= 0.6 is 0 Å². The zero-order valence-corrected chi connectivity index (χ0v) is 12.4. The van der Waals surface area contributed by atoms with Crippen molar-refractivity contribution in [3.8, 4) is 0 Å². The summed E-state index contributed by atoms with van der Waals surface area (Å²) >= 11 is 0. The molecule has 8 heteroatoms. The van der Waals surface area contributed by atoms with Crippen LogP contribution in [0, 0.1) is 7.43 Å². The number of hydrogen-bond donors (Lipinski definition) is 0. The minimum Gasteiger partial charge on any atom is -0.741 e. The first-order chi connectivity index (χ1) is 3.25. The zero-order chi connectivity index (χ0) is 7.00. The first-order valence-electron chi connectivity index (χ1n) is 1.27. The largest absolute Gasteiger partial charge is 1.00 e. The van der Waals surface area contributed by atoms with Crippen molar-refractivity contribution in [1.29, 1.82) is 0 Å². The Bertz CT molecular complexity index is 171. The molecule has 3 nitrogen and oxygen atoms in total. The topological polar surface area (TPSA) is 57.2 Å². The molecule has 58 valence electrons. The van der Waals surface area contributed by atoms with Crippen molar-refractivity contribution in [2.24, 2.45) is 0 Å². The molecule has 0 saturated heterocycles. The van der Waals surface area contributed by atoms with Crippen LogP contribution in [-0.2, 0) is 10.1 Å². The molecule has 0 aliphatic carbocycles. The van der Waals surface area contributed by atoms with Crippen LogP contribution in [0.3, 0.4) is 0 Å². The second-order valence-electron chi connectivity index (χ2n) is 0.900. The second-order valence-corrected chi connectivity index (χ2v) is 2.27. The van der Waals surface area contributed by atoms with E-state index in [9.17, 15) is 13.2 Å². The van der Waals surface area contributed by atoms with Crippen molar-refractivity contribution in [3.63, 3.8) is 0 Å². The average Bonchev–Trinajstić information content (AvgIpc) is 1.25. The van der Waals surface area contributed by atoms with Crippen molar-refractivity contribution >= 4 is 10.1 Å². The van der Waals surface area contributed by atoms with E-state index in [0.717, 1.165) is 0 Å². The van der Waals surface area contributed by atoms with Crippen LogP contribution in [0.15, 0.2) is 0 Å². The van der Waals surface area contributed by atoms with E-state index in [4.69, 9.17) is 13.0 Å². The van der Waals surface area contributed by atoms with Crippen molar-refractivity contribution in [2.75, 3.05) is 0 Å². The molecule has 0 atom stereocenters. The van der Waals surface area contributed by atoms with Crippen molar-refractivity contribution in [1.82, 2.24) is 0 Å². The molecule has 10 heavy (non-hydrogen) atoms. The van der Waals surface area contributed by atoms with Crippen LogP contribution in [0.2, 0.25) is 0 Å². The molecule has 0 saturated carbocycles. The predicted octanol–water partition coefficient (Wildman–Crippen LogP) is -2.49. The second kappa shape index (κ2) is 5.41. The average molecular weight is 297 g/mol. The van der Waals surface area contributed by atoms with Gasteiger partial charge in [-0.1, -0.05) is 0 Å². The van der Waals surface area contributed by atoms with Crippen LogP contribution in [0.5, 0.6) is 0 Å². The quantitative estimate of drug-likeness (QED) is 0.282. The van der Waals surface area contributed by atoms with Gasteiger partial charge in [0.15, 0.2) is 10.1 Å². The summed E-state index contributed by atoms with van der Waals surface area (Å²) < 4.78 is 58.9. The van der Waals surface area contributed by atoms with Gasteiger partial charge in [-0.2, -0.15) is 13.2 Å². The molecule has 0 bridgehead atoms. The molecule has 0 aromatic rings. The maximum absolute atomic E-state index is 10.7. The summed E-state index contributed by atoms with van der Waals surface area (Å²) in [6, 6.07) is 0. The summed E-state index contributed by atoms with van der Waals surface area (Å²) in [4.78, 5) is 0. The van der Waals surface area contributed by atoms with Gasteiger partial charge >= 0.3 is 74.4 Å². The van der Waals surface area contributed by atoms with E-state index in [2.05, 4.69) is 0 Å². The molecule has 0 aromatic heterocycles. The molecule has 0 radical (unpaired) electrons. The third-order valence-corrected chi connectivity index (χ3v) is 0.850. The summed E-state index contributed by atoms with van der Waals surface area (Å²) in [6.07, 6.45) is 0. The molecule has 0 unspecified atom stereocenters. The Morgan fingerprint density at radius 2 is 1.30 bits per heavy atom. The van der Waals surface area contributed by atoms with E-state index in [1.165, 1.54) is 0 Å².